The lowest BCUT2D eigenvalue weighted by atomic mass is 10.1. The third-order valence-corrected chi connectivity index (χ3v) is 3.37. The highest BCUT2D eigenvalue weighted by molar-refractivity contribution is 5.89. The van der Waals surface area contributed by atoms with Crippen LogP contribution in [0.2, 0.25) is 0 Å². The number of ether oxygens (including phenoxy) is 1. The van der Waals surface area contributed by atoms with Gasteiger partial charge in [-0.1, -0.05) is 17.7 Å². The Morgan fingerprint density at radius 2 is 2.16 bits per heavy atom. The van der Waals surface area contributed by atoms with Gasteiger partial charge in [0.2, 0.25) is 0 Å². The first-order valence-electron chi connectivity index (χ1n) is 6.93. The van der Waals surface area contributed by atoms with Gasteiger partial charge < -0.3 is 15.0 Å². The maximum Gasteiger partial charge on any atom is 0.321 e. The van der Waals surface area contributed by atoms with Crippen molar-refractivity contribution in [1.82, 2.24) is 4.90 Å². The topological polar surface area (TPSA) is 41.6 Å². The van der Waals surface area contributed by atoms with Gasteiger partial charge in [-0.2, -0.15) is 0 Å². The molecule has 4 heteroatoms. The van der Waals surface area contributed by atoms with Crippen molar-refractivity contribution in [1.29, 1.82) is 0 Å². The summed E-state index contributed by atoms with van der Waals surface area (Å²) in [5, 5.41) is 2.93. The van der Waals surface area contributed by atoms with Crippen molar-refractivity contribution in [3.63, 3.8) is 0 Å². The van der Waals surface area contributed by atoms with E-state index in [1.165, 1.54) is 5.56 Å². The number of urea groups is 1. The molecule has 1 aliphatic heterocycles. The average molecular weight is 262 g/mol. The van der Waals surface area contributed by atoms with E-state index in [0.717, 1.165) is 25.1 Å². The molecule has 0 aliphatic carbocycles. The number of rotatable bonds is 3. The summed E-state index contributed by atoms with van der Waals surface area (Å²) in [6.45, 7) is 6.22. The number of amides is 2. The fourth-order valence-electron chi connectivity index (χ4n) is 2.33. The van der Waals surface area contributed by atoms with Crippen molar-refractivity contribution >= 4 is 11.7 Å². The second kappa shape index (κ2) is 6.57. The van der Waals surface area contributed by atoms with Gasteiger partial charge in [-0.25, -0.2) is 4.79 Å². The molecule has 2 rings (SSSR count). The molecule has 1 aromatic carbocycles. The van der Waals surface area contributed by atoms with Crippen molar-refractivity contribution in [3.8, 4) is 0 Å². The number of nitrogens with one attached hydrogen (secondary N) is 1. The van der Waals surface area contributed by atoms with Crippen molar-refractivity contribution in [2.45, 2.75) is 32.8 Å². The van der Waals surface area contributed by atoms with E-state index in [9.17, 15) is 4.79 Å². The Kier molecular flexibility index (Phi) is 4.80. The predicted octanol–water partition coefficient (Wildman–Crippen LogP) is 3.03. The molecule has 1 unspecified atom stereocenters. The number of hydrogen-bond donors (Lipinski definition) is 1. The molecular weight excluding hydrogens is 240 g/mol. The number of carbonyl (C=O) groups is 1. The van der Waals surface area contributed by atoms with Crippen LogP contribution in [0.25, 0.3) is 0 Å². The zero-order valence-electron chi connectivity index (χ0n) is 11.7. The molecule has 2 amide bonds. The molecule has 1 saturated heterocycles. The van der Waals surface area contributed by atoms with Crippen molar-refractivity contribution < 1.29 is 9.53 Å². The van der Waals surface area contributed by atoms with Gasteiger partial charge in [0.25, 0.3) is 0 Å². The third kappa shape index (κ3) is 3.96. The number of aryl methyl sites for hydroxylation is 1. The van der Waals surface area contributed by atoms with Gasteiger partial charge in [0.05, 0.1) is 6.10 Å². The quantitative estimate of drug-likeness (QED) is 0.909. The first-order valence-corrected chi connectivity index (χ1v) is 6.93. The predicted molar refractivity (Wildman–Crippen MR) is 76.4 cm³/mol. The number of nitrogens with zero attached hydrogens (tertiary/aromatic N) is 1. The number of piperidine rings is 1. The van der Waals surface area contributed by atoms with Gasteiger partial charge in [0, 0.05) is 25.4 Å². The average Bonchev–Trinajstić information content (AvgIpc) is 2.42. The lowest BCUT2D eigenvalue weighted by molar-refractivity contribution is 0.0181. The van der Waals surface area contributed by atoms with E-state index in [2.05, 4.69) is 5.32 Å². The minimum atomic E-state index is -0.0340. The number of anilines is 1. The summed E-state index contributed by atoms with van der Waals surface area (Å²) in [7, 11) is 0. The highest BCUT2D eigenvalue weighted by Gasteiger charge is 2.23. The van der Waals surface area contributed by atoms with Crippen LogP contribution in [0.5, 0.6) is 0 Å². The minimum absolute atomic E-state index is 0.0340. The molecule has 0 saturated carbocycles. The second-order valence-electron chi connectivity index (χ2n) is 4.96. The van der Waals surface area contributed by atoms with Gasteiger partial charge in [0.1, 0.15) is 0 Å². The van der Waals surface area contributed by atoms with Crippen molar-refractivity contribution in [2.24, 2.45) is 0 Å². The molecule has 104 valence electrons. The molecule has 0 bridgehead atoms. The van der Waals surface area contributed by atoms with Gasteiger partial charge in [-0.05, 0) is 38.8 Å². The molecule has 1 aromatic rings. The number of likely N-dealkylation sites (tertiary alicyclic amines) is 1. The van der Waals surface area contributed by atoms with Gasteiger partial charge >= 0.3 is 6.03 Å². The highest BCUT2D eigenvalue weighted by atomic mass is 16.5. The molecule has 1 aliphatic rings. The van der Waals surface area contributed by atoms with Crippen LogP contribution < -0.4 is 5.32 Å². The lowest BCUT2D eigenvalue weighted by Gasteiger charge is -2.32. The molecule has 0 aromatic heterocycles. The largest absolute Gasteiger partial charge is 0.377 e. The van der Waals surface area contributed by atoms with E-state index in [4.69, 9.17) is 4.74 Å². The van der Waals surface area contributed by atoms with Crippen LogP contribution in [0.1, 0.15) is 25.3 Å². The highest BCUT2D eigenvalue weighted by Crippen LogP contribution is 2.15. The summed E-state index contributed by atoms with van der Waals surface area (Å²) in [4.78, 5) is 14.0. The molecule has 1 heterocycles. The van der Waals surface area contributed by atoms with E-state index < -0.39 is 0 Å². The Morgan fingerprint density at radius 3 is 2.84 bits per heavy atom. The zero-order chi connectivity index (χ0) is 13.7. The summed E-state index contributed by atoms with van der Waals surface area (Å²) >= 11 is 0. The van der Waals surface area contributed by atoms with Crippen LogP contribution in [0.3, 0.4) is 0 Å². The number of hydrogen-bond acceptors (Lipinski definition) is 2. The normalized spacial score (nSPS) is 19.3. The fourth-order valence-corrected chi connectivity index (χ4v) is 2.33. The number of carbonyl (C=O) groups excluding carboxylic acids is 1. The Hall–Kier alpha value is -1.55. The zero-order valence-corrected chi connectivity index (χ0v) is 11.7. The maximum atomic E-state index is 12.2. The van der Waals surface area contributed by atoms with Gasteiger partial charge in [0.15, 0.2) is 0 Å². The molecule has 1 N–H and O–H groups in total. The van der Waals surface area contributed by atoms with Crippen molar-refractivity contribution in [2.75, 3.05) is 25.0 Å². The van der Waals surface area contributed by atoms with Gasteiger partial charge in [-0.3, -0.25) is 0 Å². The Labute approximate surface area is 114 Å². The molecule has 1 fully saturated rings. The smallest absolute Gasteiger partial charge is 0.321 e. The summed E-state index contributed by atoms with van der Waals surface area (Å²) in [5.74, 6) is 0. The molecule has 0 radical (unpaired) electrons. The molecule has 4 nitrogen and oxygen atoms in total. The third-order valence-electron chi connectivity index (χ3n) is 3.37. The number of benzene rings is 1. The van der Waals surface area contributed by atoms with Crippen molar-refractivity contribution in [3.05, 3.63) is 29.8 Å². The summed E-state index contributed by atoms with van der Waals surface area (Å²) < 4.78 is 5.61. The minimum Gasteiger partial charge on any atom is -0.377 e. The second-order valence-corrected chi connectivity index (χ2v) is 4.96. The summed E-state index contributed by atoms with van der Waals surface area (Å²) in [6, 6.07) is 7.81. The van der Waals surface area contributed by atoms with Crippen LogP contribution in [-0.4, -0.2) is 36.7 Å². The molecular formula is C15H22N2O2. The molecule has 0 spiro atoms. The lowest BCUT2D eigenvalue weighted by Crippen LogP contribution is -2.45. The Bertz CT molecular complexity index is 415. The molecule has 1 atom stereocenters. The van der Waals surface area contributed by atoms with Crippen LogP contribution >= 0.6 is 0 Å². The summed E-state index contributed by atoms with van der Waals surface area (Å²) in [5.41, 5.74) is 2.03. The monoisotopic (exact) mass is 262 g/mol. The van der Waals surface area contributed by atoms with E-state index in [0.29, 0.717) is 13.2 Å². The Balaban J connectivity index is 1.90. The van der Waals surface area contributed by atoms with Crippen LogP contribution in [-0.2, 0) is 4.74 Å². The van der Waals surface area contributed by atoms with E-state index in [1.807, 2.05) is 43.0 Å². The van der Waals surface area contributed by atoms with E-state index in [1.54, 1.807) is 0 Å². The summed E-state index contributed by atoms with van der Waals surface area (Å²) in [6.07, 6.45) is 2.23. The fraction of sp³-hybridized carbons (Fsp3) is 0.533. The first-order chi connectivity index (χ1) is 9.19. The van der Waals surface area contributed by atoms with Crippen LogP contribution in [0.4, 0.5) is 10.5 Å². The maximum absolute atomic E-state index is 12.2. The van der Waals surface area contributed by atoms with Crippen LogP contribution in [0.15, 0.2) is 24.3 Å². The first kappa shape index (κ1) is 13.9. The molecule has 19 heavy (non-hydrogen) atoms. The van der Waals surface area contributed by atoms with Gasteiger partial charge in [-0.15, -0.1) is 0 Å². The van der Waals surface area contributed by atoms with E-state index >= 15 is 0 Å². The Morgan fingerprint density at radius 1 is 1.42 bits per heavy atom. The van der Waals surface area contributed by atoms with E-state index in [-0.39, 0.29) is 12.1 Å². The van der Waals surface area contributed by atoms with Crippen LogP contribution in [0, 0.1) is 6.92 Å². The standard InChI is InChI=1S/C15H22N2O2/c1-3-19-14-5-4-10-17(11-14)15(18)16-13-8-6-12(2)7-9-13/h6-9,14H,3-5,10-11H2,1-2H3,(H,16,18). The SMILES string of the molecule is CCOC1CCCN(C(=O)Nc2ccc(C)cc2)C1.